The van der Waals surface area contributed by atoms with Gasteiger partial charge in [0.05, 0.1) is 18.7 Å². The summed E-state index contributed by atoms with van der Waals surface area (Å²) in [5.41, 5.74) is 0.578. The van der Waals surface area contributed by atoms with Crippen LogP contribution in [0.4, 0.5) is 20.2 Å². The average molecular weight is 404 g/mol. The standard InChI is InChI=1S/C20H18F2N2O5/c1-28-17-5-3-2-4-16(17)24-10-12(8-19(24)26)20(27)29-11-18(25)23-13-6-7-14(21)15(22)9-13/h2-7,9,12H,8,10-11H2,1H3,(H,23,25)/t12-/m0/s1. The number of para-hydroxylation sites is 2. The van der Waals surface area contributed by atoms with Crippen LogP contribution in [0.1, 0.15) is 6.42 Å². The Balaban J connectivity index is 1.55. The fraction of sp³-hybridized carbons (Fsp3) is 0.250. The van der Waals surface area contributed by atoms with E-state index in [0.29, 0.717) is 11.4 Å². The molecule has 0 bridgehead atoms. The Morgan fingerprint density at radius 1 is 1.17 bits per heavy atom. The highest BCUT2D eigenvalue weighted by atomic mass is 19.2. The normalized spacial score (nSPS) is 15.9. The molecule has 1 saturated heterocycles. The van der Waals surface area contributed by atoms with E-state index in [1.807, 2.05) is 0 Å². The summed E-state index contributed by atoms with van der Waals surface area (Å²) in [5, 5.41) is 2.30. The number of esters is 1. The summed E-state index contributed by atoms with van der Waals surface area (Å²) >= 11 is 0. The molecular formula is C20H18F2N2O5. The van der Waals surface area contributed by atoms with E-state index in [2.05, 4.69) is 5.32 Å². The number of methoxy groups -OCH3 is 1. The van der Waals surface area contributed by atoms with Crippen LogP contribution < -0.4 is 15.0 Å². The van der Waals surface area contributed by atoms with Crippen LogP contribution in [0.2, 0.25) is 0 Å². The zero-order valence-electron chi connectivity index (χ0n) is 15.5. The van der Waals surface area contributed by atoms with Crippen molar-refractivity contribution in [2.24, 2.45) is 5.92 Å². The molecule has 0 aliphatic carbocycles. The number of benzene rings is 2. The predicted molar refractivity (Wildman–Crippen MR) is 99.4 cm³/mol. The van der Waals surface area contributed by atoms with Crippen molar-refractivity contribution >= 4 is 29.2 Å². The maximum atomic E-state index is 13.2. The first-order valence-corrected chi connectivity index (χ1v) is 8.74. The molecule has 1 fully saturated rings. The van der Waals surface area contributed by atoms with E-state index >= 15 is 0 Å². The van der Waals surface area contributed by atoms with Crippen LogP contribution in [-0.4, -0.2) is 38.0 Å². The molecule has 2 amide bonds. The zero-order valence-corrected chi connectivity index (χ0v) is 15.5. The van der Waals surface area contributed by atoms with Crippen molar-refractivity contribution in [1.29, 1.82) is 0 Å². The van der Waals surface area contributed by atoms with Gasteiger partial charge in [0.1, 0.15) is 5.75 Å². The van der Waals surface area contributed by atoms with Gasteiger partial charge in [-0.15, -0.1) is 0 Å². The molecule has 2 aromatic carbocycles. The monoisotopic (exact) mass is 404 g/mol. The van der Waals surface area contributed by atoms with Gasteiger partial charge in [-0.25, -0.2) is 8.78 Å². The van der Waals surface area contributed by atoms with Gasteiger partial charge in [0, 0.05) is 24.7 Å². The Labute approximate surface area is 165 Å². The van der Waals surface area contributed by atoms with E-state index < -0.39 is 36.0 Å². The Morgan fingerprint density at radius 3 is 2.66 bits per heavy atom. The SMILES string of the molecule is COc1ccccc1N1C[C@@H](C(=O)OCC(=O)Nc2ccc(F)c(F)c2)CC1=O. The fourth-order valence-electron chi connectivity index (χ4n) is 2.98. The van der Waals surface area contributed by atoms with Crippen LogP contribution in [0.15, 0.2) is 42.5 Å². The summed E-state index contributed by atoms with van der Waals surface area (Å²) in [5.74, 6) is -4.06. The van der Waals surface area contributed by atoms with Crippen molar-refractivity contribution in [2.75, 3.05) is 30.5 Å². The van der Waals surface area contributed by atoms with Gasteiger partial charge in [-0.2, -0.15) is 0 Å². The van der Waals surface area contributed by atoms with Crippen LogP contribution in [-0.2, 0) is 19.1 Å². The van der Waals surface area contributed by atoms with Crippen LogP contribution in [0.5, 0.6) is 5.75 Å². The van der Waals surface area contributed by atoms with Crippen LogP contribution in [0.3, 0.4) is 0 Å². The quantitative estimate of drug-likeness (QED) is 0.748. The zero-order chi connectivity index (χ0) is 21.0. The number of hydrogen-bond acceptors (Lipinski definition) is 5. The number of ether oxygens (including phenoxy) is 2. The lowest BCUT2D eigenvalue weighted by molar-refractivity contribution is -0.151. The van der Waals surface area contributed by atoms with E-state index in [-0.39, 0.29) is 24.6 Å². The van der Waals surface area contributed by atoms with Gasteiger partial charge >= 0.3 is 5.97 Å². The van der Waals surface area contributed by atoms with Crippen LogP contribution >= 0.6 is 0 Å². The lowest BCUT2D eigenvalue weighted by Crippen LogP contribution is -2.28. The lowest BCUT2D eigenvalue weighted by Gasteiger charge is -2.19. The van der Waals surface area contributed by atoms with E-state index in [1.165, 1.54) is 18.1 Å². The molecule has 0 radical (unpaired) electrons. The minimum atomic E-state index is -1.11. The minimum Gasteiger partial charge on any atom is -0.495 e. The number of carbonyl (C=O) groups is 3. The van der Waals surface area contributed by atoms with Crippen molar-refractivity contribution in [3.8, 4) is 5.75 Å². The predicted octanol–water partition coefficient (Wildman–Crippen LogP) is 2.51. The average Bonchev–Trinajstić information content (AvgIpc) is 3.10. The Bertz CT molecular complexity index is 950. The van der Waals surface area contributed by atoms with Crippen LogP contribution in [0, 0.1) is 17.6 Å². The summed E-state index contributed by atoms with van der Waals surface area (Å²) in [6.45, 7) is -0.514. The van der Waals surface area contributed by atoms with Gasteiger partial charge in [-0.3, -0.25) is 14.4 Å². The number of nitrogens with one attached hydrogen (secondary N) is 1. The number of rotatable bonds is 6. The second kappa shape index (κ2) is 8.68. The lowest BCUT2D eigenvalue weighted by atomic mass is 10.1. The summed E-state index contributed by atoms with van der Waals surface area (Å²) in [6.07, 6.45) is -0.0539. The first-order valence-electron chi connectivity index (χ1n) is 8.74. The Kier molecular flexibility index (Phi) is 6.06. The molecule has 0 spiro atoms. The molecule has 9 heteroatoms. The molecule has 0 aromatic heterocycles. The second-order valence-corrected chi connectivity index (χ2v) is 6.36. The third kappa shape index (κ3) is 4.68. The van der Waals surface area contributed by atoms with E-state index in [4.69, 9.17) is 9.47 Å². The third-order valence-corrected chi connectivity index (χ3v) is 4.38. The number of nitrogens with zero attached hydrogens (tertiary/aromatic N) is 1. The molecule has 1 aliphatic heterocycles. The molecule has 0 saturated carbocycles. The Morgan fingerprint density at radius 2 is 1.93 bits per heavy atom. The highest BCUT2D eigenvalue weighted by molar-refractivity contribution is 6.01. The highest BCUT2D eigenvalue weighted by Crippen LogP contribution is 2.33. The van der Waals surface area contributed by atoms with E-state index in [1.54, 1.807) is 24.3 Å². The van der Waals surface area contributed by atoms with Crippen molar-refractivity contribution in [3.63, 3.8) is 0 Å². The Hall–Kier alpha value is -3.49. The molecule has 2 aromatic rings. The molecule has 1 N–H and O–H groups in total. The molecule has 1 heterocycles. The summed E-state index contributed by atoms with van der Waals surface area (Å²) in [7, 11) is 1.48. The van der Waals surface area contributed by atoms with Gasteiger partial charge < -0.3 is 19.7 Å². The molecule has 152 valence electrons. The second-order valence-electron chi connectivity index (χ2n) is 6.36. The first kappa shape index (κ1) is 20.2. The number of amides is 2. The molecule has 7 nitrogen and oxygen atoms in total. The summed E-state index contributed by atoms with van der Waals surface area (Å²) < 4.78 is 36.3. The van der Waals surface area contributed by atoms with Gasteiger partial charge in [0.15, 0.2) is 18.2 Å². The van der Waals surface area contributed by atoms with Crippen molar-refractivity contribution in [2.45, 2.75) is 6.42 Å². The van der Waals surface area contributed by atoms with E-state index in [0.717, 1.165) is 12.1 Å². The summed E-state index contributed by atoms with van der Waals surface area (Å²) in [6, 6.07) is 9.79. The maximum Gasteiger partial charge on any atom is 0.311 e. The van der Waals surface area contributed by atoms with Crippen molar-refractivity contribution in [3.05, 3.63) is 54.1 Å². The molecule has 3 rings (SSSR count). The van der Waals surface area contributed by atoms with Gasteiger partial charge in [-0.05, 0) is 24.3 Å². The van der Waals surface area contributed by atoms with Gasteiger partial charge in [0.25, 0.3) is 5.91 Å². The van der Waals surface area contributed by atoms with Crippen molar-refractivity contribution in [1.82, 2.24) is 0 Å². The molecule has 0 unspecified atom stereocenters. The molecular weight excluding hydrogens is 386 g/mol. The summed E-state index contributed by atoms with van der Waals surface area (Å²) in [4.78, 5) is 37.9. The highest BCUT2D eigenvalue weighted by Gasteiger charge is 2.37. The van der Waals surface area contributed by atoms with Crippen LogP contribution in [0.25, 0.3) is 0 Å². The first-order chi connectivity index (χ1) is 13.9. The van der Waals surface area contributed by atoms with Gasteiger partial charge in [0.2, 0.25) is 5.91 Å². The largest absolute Gasteiger partial charge is 0.495 e. The van der Waals surface area contributed by atoms with Gasteiger partial charge in [-0.1, -0.05) is 12.1 Å². The number of hydrogen-bond donors (Lipinski definition) is 1. The van der Waals surface area contributed by atoms with E-state index in [9.17, 15) is 23.2 Å². The smallest absolute Gasteiger partial charge is 0.311 e. The number of halogens is 2. The topological polar surface area (TPSA) is 84.9 Å². The third-order valence-electron chi connectivity index (χ3n) is 4.38. The molecule has 29 heavy (non-hydrogen) atoms. The number of anilines is 2. The molecule has 1 aliphatic rings. The molecule has 1 atom stereocenters. The van der Waals surface area contributed by atoms with Crippen molar-refractivity contribution < 1.29 is 32.6 Å². The maximum absolute atomic E-state index is 13.2. The fourth-order valence-corrected chi connectivity index (χ4v) is 2.98. The number of carbonyl (C=O) groups excluding carboxylic acids is 3. The minimum absolute atomic E-state index is 0.0309.